The lowest BCUT2D eigenvalue weighted by molar-refractivity contribution is 0.576. The van der Waals surface area contributed by atoms with E-state index in [1.165, 1.54) is 28.4 Å². The van der Waals surface area contributed by atoms with E-state index in [4.69, 9.17) is 0 Å². The third-order valence-electron chi connectivity index (χ3n) is 2.44. The maximum atomic E-state index is 4.10. The quantitative estimate of drug-likeness (QED) is 0.611. The normalized spacial score (nSPS) is 12.8. The van der Waals surface area contributed by atoms with Crippen LogP contribution in [0.4, 0.5) is 0 Å². The van der Waals surface area contributed by atoms with E-state index in [1.807, 2.05) is 12.4 Å². The lowest BCUT2D eigenvalue weighted by atomic mass is 9.97. The zero-order valence-electron chi connectivity index (χ0n) is 8.26. The lowest BCUT2D eigenvalue weighted by Crippen LogP contribution is -2.05. The molecular formula is C11H16IN. The molecule has 0 saturated carbocycles. The molecule has 0 aliphatic heterocycles. The summed E-state index contributed by atoms with van der Waals surface area (Å²) >= 11 is 2.47. The molecule has 0 spiro atoms. The Morgan fingerprint density at radius 2 is 2.31 bits per heavy atom. The molecule has 1 aromatic rings. The Labute approximate surface area is 94.1 Å². The van der Waals surface area contributed by atoms with Gasteiger partial charge in [0.25, 0.3) is 0 Å². The van der Waals surface area contributed by atoms with Gasteiger partial charge in [0.2, 0.25) is 0 Å². The van der Waals surface area contributed by atoms with Gasteiger partial charge in [-0.1, -0.05) is 35.9 Å². The van der Waals surface area contributed by atoms with Crippen LogP contribution in [-0.4, -0.2) is 9.41 Å². The zero-order valence-corrected chi connectivity index (χ0v) is 10.4. The smallest absolute Gasteiger partial charge is 0.0299 e. The van der Waals surface area contributed by atoms with Gasteiger partial charge in [-0.05, 0) is 36.5 Å². The standard InChI is InChI=1S/C11H16IN/c1-3-10(7-12)6-11-4-5-13-8-9(11)2/h4-5,8,10H,3,6-7H2,1-2H3. The second-order valence-corrected chi connectivity index (χ2v) is 4.32. The van der Waals surface area contributed by atoms with Crippen molar-refractivity contribution in [2.75, 3.05) is 4.43 Å². The molecule has 2 heteroatoms. The first kappa shape index (κ1) is 11.0. The number of halogens is 1. The highest BCUT2D eigenvalue weighted by Gasteiger charge is 2.06. The number of rotatable bonds is 4. The van der Waals surface area contributed by atoms with Gasteiger partial charge in [-0.3, -0.25) is 4.98 Å². The Kier molecular flexibility index (Phi) is 4.70. The van der Waals surface area contributed by atoms with Crippen molar-refractivity contribution in [3.63, 3.8) is 0 Å². The Bertz CT molecular complexity index is 256. The van der Waals surface area contributed by atoms with E-state index in [1.54, 1.807) is 0 Å². The number of hydrogen-bond donors (Lipinski definition) is 0. The van der Waals surface area contributed by atoms with E-state index in [0.29, 0.717) is 0 Å². The fourth-order valence-electron chi connectivity index (χ4n) is 1.35. The maximum absolute atomic E-state index is 4.10. The van der Waals surface area contributed by atoms with E-state index in [9.17, 15) is 0 Å². The van der Waals surface area contributed by atoms with Crippen molar-refractivity contribution in [3.8, 4) is 0 Å². The van der Waals surface area contributed by atoms with Gasteiger partial charge < -0.3 is 0 Å². The summed E-state index contributed by atoms with van der Waals surface area (Å²) in [5.74, 6) is 0.821. The first-order valence-corrected chi connectivity index (χ1v) is 6.26. The SMILES string of the molecule is CCC(CI)Cc1ccncc1C. The van der Waals surface area contributed by atoms with Gasteiger partial charge >= 0.3 is 0 Å². The fourth-order valence-corrected chi connectivity index (χ4v) is 2.28. The number of nitrogens with zero attached hydrogens (tertiary/aromatic N) is 1. The number of aryl methyl sites for hydroxylation is 1. The number of alkyl halides is 1. The lowest BCUT2D eigenvalue weighted by Gasteiger charge is -2.12. The molecule has 0 aromatic carbocycles. The van der Waals surface area contributed by atoms with Gasteiger partial charge in [-0.15, -0.1) is 0 Å². The molecule has 0 aliphatic carbocycles. The van der Waals surface area contributed by atoms with Gasteiger partial charge in [0, 0.05) is 16.8 Å². The largest absolute Gasteiger partial charge is 0.264 e. The van der Waals surface area contributed by atoms with Crippen LogP contribution in [0.5, 0.6) is 0 Å². The minimum atomic E-state index is 0.821. The predicted octanol–water partition coefficient (Wildman–Crippen LogP) is 3.39. The fraction of sp³-hybridized carbons (Fsp3) is 0.545. The minimum Gasteiger partial charge on any atom is -0.264 e. The molecule has 1 rings (SSSR count). The van der Waals surface area contributed by atoms with E-state index in [0.717, 1.165) is 5.92 Å². The van der Waals surface area contributed by atoms with E-state index in [2.05, 4.69) is 47.5 Å². The van der Waals surface area contributed by atoms with Gasteiger partial charge in [-0.25, -0.2) is 0 Å². The Balaban J connectivity index is 2.67. The average molecular weight is 289 g/mol. The first-order valence-electron chi connectivity index (χ1n) is 4.73. The van der Waals surface area contributed by atoms with Crippen LogP contribution in [0.25, 0.3) is 0 Å². The molecule has 13 heavy (non-hydrogen) atoms. The van der Waals surface area contributed by atoms with Crippen LogP contribution in [-0.2, 0) is 6.42 Å². The second kappa shape index (κ2) is 5.58. The predicted molar refractivity (Wildman–Crippen MR) is 65.3 cm³/mol. The van der Waals surface area contributed by atoms with E-state index < -0.39 is 0 Å². The summed E-state index contributed by atoms with van der Waals surface area (Å²) in [6.07, 6.45) is 6.32. The highest BCUT2D eigenvalue weighted by molar-refractivity contribution is 14.1. The molecule has 0 aliphatic rings. The number of aromatic nitrogens is 1. The third kappa shape index (κ3) is 3.25. The average Bonchev–Trinajstić information content (AvgIpc) is 2.17. The molecule has 0 bridgehead atoms. The van der Waals surface area contributed by atoms with Gasteiger partial charge in [-0.2, -0.15) is 0 Å². The van der Waals surface area contributed by atoms with Crippen LogP contribution in [0.3, 0.4) is 0 Å². The summed E-state index contributed by atoms with van der Waals surface area (Å²) in [7, 11) is 0. The molecule has 1 aromatic heterocycles. The van der Waals surface area contributed by atoms with Crippen molar-refractivity contribution in [2.24, 2.45) is 5.92 Å². The number of hydrogen-bond acceptors (Lipinski definition) is 1. The van der Waals surface area contributed by atoms with E-state index in [-0.39, 0.29) is 0 Å². The summed E-state index contributed by atoms with van der Waals surface area (Å²) in [4.78, 5) is 4.10. The molecule has 0 fully saturated rings. The summed E-state index contributed by atoms with van der Waals surface area (Å²) in [5.41, 5.74) is 2.78. The molecule has 72 valence electrons. The zero-order chi connectivity index (χ0) is 9.68. The van der Waals surface area contributed by atoms with Crippen LogP contribution >= 0.6 is 22.6 Å². The summed E-state index contributed by atoms with van der Waals surface area (Å²) in [6, 6.07) is 2.14. The Hall–Kier alpha value is -0.120. The van der Waals surface area contributed by atoms with Crippen molar-refractivity contribution in [1.29, 1.82) is 0 Å². The topological polar surface area (TPSA) is 12.9 Å². The summed E-state index contributed by atoms with van der Waals surface area (Å²) in [5, 5.41) is 0. The Morgan fingerprint density at radius 1 is 1.54 bits per heavy atom. The maximum Gasteiger partial charge on any atom is 0.0299 e. The molecule has 1 unspecified atom stereocenters. The summed E-state index contributed by atoms with van der Waals surface area (Å²) in [6.45, 7) is 4.40. The third-order valence-corrected chi connectivity index (χ3v) is 3.69. The monoisotopic (exact) mass is 289 g/mol. The molecule has 1 nitrogen and oxygen atoms in total. The molecule has 0 radical (unpaired) electrons. The first-order chi connectivity index (χ1) is 6.27. The molecule has 0 saturated heterocycles. The molecule has 0 amide bonds. The number of pyridine rings is 1. The van der Waals surface area contributed by atoms with Crippen LogP contribution in [0.2, 0.25) is 0 Å². The summed E-state index contributed by atoms with van der Waals surface area (Å²) < 4.78 is 1.25. The highest BCUT2D eigenvalue weighted by atomic mass is 127. The molecule has 1 atom stereocenters. The molecule has 0 N–H and O–H groups in total. The molecular weight excluding hydrogens is 273 g/mol. The van der Waals surface area contributed by atoms with Crippen LogP contribution < -0.4 is 0 Å². The van der Waals surface area contributed by atoms with Crippen molar-refractivity contribution in [2.45, 2.75) is 26.7 Å². The van der Waals surface area contributed by atoms with Crippen molar-refractivity contribution in [1.82, 2.24) is 4.98 Å². The highest BCUT2D eigenvalue weighted by Crippen LogP contribution is 2.16. The van der Waals surface area contributed by atoms with Crippen molar-refractivity contribution >= 4 is 22.6 Å². The van der Waals surface area contributed by atoms with Gasteiger partial charge in [0.1, 0.15) is 0 Å². The second-order valence-electron chi connectivity index (χ2n) is 3.43. The van der Waals surface area contributed by atoms with E-state index >= 15 is 0 Å². The van der Waals surface area contributed by atoms with Crippen molar-refractivity contribution < 1.29 is 0 Å². The molecule has 1 heterocycles. The van der Waals surface area contributed by atoms with Crippen molar-refractivity contribution in [3.05, 3.63) is 29.6 Å². The van der Waals surface area contributed by atoms with Gasteiger partial charge in [0.05, 0.1) is 0 Å². The van der Waals surface area contributed by atoms with Crippen LogP contribution in [0.1, 0.15) is 24.5 Å². The minimum absolute atomic E-state index is 0.821. The van der Waals surface area contributed by atoms with Crippen LogP contribution in [0, 0.1) is 12.8 Å². The van der Waals surface area contributed by atoms with Gasteiger partial charge in [0.15, 0.2) is 0 Å². The Morgan fingerprint density at radius 3 is 2.85 bits per heavy atom. The van der Waals surface area contributed by atoms with Crippen LogP contribution in [0.15, 0.2) is 18.5 Å².